The topological polar surface area (TPSA) is 20.3 Å². The summed E-state index contributed by atoms with van der Waals surface area (Å²) in [6.45, 7) is 2.81. The van der Waals surface area contributed by atoms with E-state index in [0.717, 1.165) is 11.5 Å². The van der Waals surface area contributed by atoms with E-state index in [9.17, 15) is 4.79 Å². The van der Waals surface area contributed by atoms with E-state index in [2.05, 4.69) is 18.9 Å². The van der Waals surface area contributed by atoms with Gasteiger partial charge in [-0.05, 0) is 50.1 Å². The van der Waals surface area contributed by atoms with E-state index in [4.69, 9.17) is 11.6 Å². The van der Waals surface area contributed by atoms with Crippen molar-refractivity contribution in [3.05, 3.63) is 34.9 Å². The van der Waals surface area contributed by atoms with Crippen molar-refractivity contribution in [1.29, 1.82) is 0 Å². The summed E-state index contributed by atoms with van der Waals surface area (Å²) in [7, 11) is 2.07. The number of ketones is 1. The van der Waals surface area contributed by atoms with Crippen molar-refractivity contribution in [2.24, 2.45) is 5.92 Å². The van der Waals surface area contributed by atoms with E-state index < -0.39 is 0 Å². The average molecular weight is 280 g/mol. The Morgan fingerprint density at radius 2 is 2.00 bits per heavy atom. The third kappa shape index (κ3) is 4.05. The fourth-order valence-corrected chi connectivity index (χ4v) is 3.01. The zero-order valence-electron chi connectivity index (χ0n) is 11.7. The Hall–Kier alpha value is -0.860. The molecule has 0 saturated heterocycles. The summed E-state index contributed by atoms with van der Waals surface area (Å²) in [5.74, 6) is 0.962. The summed E-state index contributed by atoms with van der Waals surface area (Å²) in [5, 5.41) is 0.672. The maximum absolute atomic E-state index is 12.2. The molecule has 1 aliphatic rings. The largest absolute Gasteiger partial charge is 0.296 e. The van der Waals surface area contributed by atoms with Crippen LogP contribution in [0.5, 0.6) is 0 Å². The van der Waals surface area contributed by atoms with E-state index in [1.165, 1.54) is 25.7 Å². The van der Waals surface area contributed by atoms with Crippen LogP contribution in [0, 0.1) is 5.92 Å². The van der Waals surface area contributed by atoms with Crippen LogP contribution in [0.3, 0.4) is 0 Å². The molecule has 104 valence electrons. The average Bonchev–Trinajstić information content (AvgIpc) is 2.39. The smallest absolute Gasteiger partial charge is 0.176 e. The number of rotatable bonds is 4. The zero-order chi connectivity index (χ0) is 13.8. The van der Waals surface area contributed by atoms with E-state index in [-0.39, 0.29) is 5.78 Å². The molecule has 2 nitrogen and oxygen atoms in total. The van der Waals surface area contributed by atoms with Crippen molar-refractivity contribution in [2.75, 3.05) is 13.6 Å². The molecule has 0 N–H and O–H groups in total. The molecule has 19 heavy (non-hydrogen) atoms. The molecule has 1 aromatic rings. The minimum atomic E-state index is 0.178. The van der Waals surface area contributed by atoms with Crippen LogP contribution in [-0.2, 0) is 0 Å². The number of likely N-dealkylation sites (N-methyl/N-ethyl adjacent to an activating group) is 1. The van der Waals surface area contributed by atoms with Gasteiger partial charge in [0.05, 0.1) is 6.54 Å². The third-order valence-corrected chi connectivity index (χ3v) is 4.34. The molecule has 0 heterocycles. The summed E-state index contributed by atoms with van der Waals surface area (Å²) in [6.07, 6.45) is 5.04. The predicted molar refractivity (Wildman–Crippen MR) is 79.8 cm³/mol. The second-order valence-corrected chi connectivity index (χ2v) is 6.21. The molecule has 0 radical (unpaired) electrons. The number of benzene rings is 1. The number of carbonyl (C=O) groups excluding carboxylic acids is 1. The van der Waals surface area contributed by atoms with Crippen LogP contribution in [0.25, 0.3) is 0 Å². The molecular formula is C16H22ClNO. The summed E-state index contributed by atoms with van der Waals surface area (Å²) >= 11 is 5.84. The van der Waals surface area contributed by atoms with Gasteiger partial charge in [0.25, 0.3) is 0 Å². The summed E-state index contributed by atoms with van der Waals surface area (Å²) in [4.78, 5) is 14.4. The second-order valence-electron chi connectivity index (χ2n) is 5.77. The number of Topliss-reactive ketones (excluding diaryl/α,β-unsaturated/α-hetero) is 1. The lowest BCUT2D eigenvalue weighted by atomic mass is 9.86. The van der Waals surface area contributed by atoms with E-state index in [1.54, 1.807) is 12.1 Å². The normalized spacial score (nSPS) is 23.6. The fraction of sp³-hybridized carbons (Fsp3) is 0.562. The highest BCUT2D eigenvalue weighted by Gasteiger charge is 2.23. The van der Waals surface area contributed by atoms with E-state index >= 15 is 0 Å². The highest BCUT2D eigenvalue weighted by molar-refractivity contribution is 6.30. The highest BCUT2D eigenvalue weighted by Crippen LogP contribution is 2.26. The van der Waals surface area contributed by atoms with Gasteiger partial charge < -0.3 is 0 Å². The van der Waals surface area contributed by atoms with Gasteiger partial charge in [-0.2, -0.15) is 0 Å². The van der Waals surface area contributed by atoms with Gasteiger partial charge in [-0.15, -0.1) is 0 Å². The molecule has 2 rings (SSSR count). The minimum Gasteiger partial charge on any atom is -0.296 e. The standard InChI is InChI=1S/C16H22ClNO/c1-12-4-3-5-15(10-12)18(2)11-16(19)13-6-8-14(17)9-7-13/h6-9,12,15H,3-5,10-11H2,1-2H3. The Kier molecular flexibility index (Phi) is 5.00. The van der Waals surface area contributed by atoms with Crippen LogP contribution < -0.4 is 0 Å². The van der Waals surface area contributed by atoms with Gasteiger partial charge in [-0.1, -0.05) is 31.4 Å². The maximum Gasteiger partial charge on any atom is 0.176 e. The quantitative estimate of drug-likeness (QED) is 0.776. The van der Waals surface area contributed by atoms with Crippen molar-refractivity contribution in [3.8, 4) is 0 Å². The summed E-state index contributed by atoms with van der Waals surface area (Å²) in [5.41, 5.74) is 0.750. The SMILES string of the molecule is CC1CCCC(N(C)CC(=O)c2ccc(Cl)cc2)C1. The van der Waals surface area contributed by atoms with Crippen molar-refractivity contribution in [2.45, 2.75) is 38.6 Å². The third-order valence-electron chi connectivity index (χ3n) is 4.09. The van der Waals surface area contributed by atoms with Gasteiger partial charge in [0, 0.05) is 16.6 Å². The van der Waals surface area contributed by atoms with Crippen LogP contribution in [0.15, 0.2) is 24.3 Å². The fourth-order valence-electron chi connectivity index (χ4n) is 2.89. The Bertz CT molecular complexity index is 429. The first kappa shape index (κ1) is 14.5. The predicted octanol–water partition coefficient (Wildman–Crippen LogP) is 4.03. The number of hydrogen-bond acceptors (Lipinski definition) is 2. The molecular weight excluding hydrogens is 258 g/mol. The Balaban J connectivity index is 1.92. The molecule has 0 spiro atoms. The molecule has 1 aromatic carbocycles. The number of nitrogens with zero attached hydrogens (tertiary/aromatic N) is 1. The van der Waals surface area contributed by atoms with E-state index in [1.807, 2.05) is 12.1 Å². The Labute approximate surface area is 120 Å². The summed E-state index contributed by atoms with van der Waals surface area (Å²) in [6, 6.07) is 7.72. The van der Waals surface area contributed by atoms with Crippen LogP contribution in [0.4, 0.5) is 0 Å². The molecule has 3 heteroatoms. The van der Waals surface area contributed by atoms with Crippen molar-refractivity contribution in [1.82, 2.24) is 4.90 Å². The van der Waals surface area contributed by atoms with Gasteiger partial charge in [-0.25, -0.2) is 0 Å². The molecule has 0 aromatic heterocycles. The molecule has 1 aliphatic carbocycles. The first-order chi connectivity index (χ1) is 9.06. The molecule has 2 atom stereocenters. The maximum atomic E-state index is 12.2. The molecule has 2 unspecified atom stereocenters. The van der Waals surface area contributed by atoms with Crippen molar-refractivity contribution in [3.63, 3.8) is 0 Å². The van der Waals surface area contributed by atoms with Crippen LogP contribution in [0.1, 0.15) is 43.0 Å². The summed E-state index contributed by atoms with van der Waals surface area (Å²) < 4.78 is 0. The number of hydrogen-bond donors (Lipinski definition) is 0. The van der Waals surface area contributed by atoms with Gasteiger partial charge >= 0.3 is 0 Å². The van der Waals surface area contributed by atoms with Crippen molar-refractivity contribution >= 4 is 17.4 Å². The first-order valence-electron chi connectivity index (χ1n) is 7.05. The lowest BCUT2D eigenvalue weighted by Crippen LogP contribution is -2.38. The van der Waals surface area contributed by atoms with Crippen LogP contribution >= 0.6 is 11.6 Å². The van der Waals surface area contributed by atoms with Crippen molar-refractivity contribution < 1.29 is 4.79 Å². The van der Waals surface area contributed by atoms with Crippen LogP contribution in [-0.4, -0.2) is 30.3 Å². The molecule has 0 amide bonds. The van der Waals surface area contributed by atoms with E-state index in [0.29, 0.717) is 17.6 Å². The minimum absolute atomic E-state index is 0.178. The van der Waals surface area contributed by atoms with Crippen LogP contribution in [0.2, 0.25) is 5.02 Å². The van der Waals surface area contributed by atoms with Gasteiger partial charge in [0.1, 0.15) is 0 Å². The Morgan fingerprint density at radius 3 is 2.63 bits per heavy atom. The molecule has 1 saturated carbocycles. The number of halogens is 1. The molecule has 0 bridgehead atoms. The molecule has 0 aliphatic heterocycles. The van der Waals surface area contributed by atoms with Gasteiger partial charge in [0.2, 0.25) is 0 Å². The van der Waals surface area contributed by atoms with Gasteiger partial charge in [0.15, 0.2) is 5.78 Å². The lowest BCUT2D eigenvalue weighted by molar-refractivity contribution is 0.0882. The van der Waals surface area contributed by atoms with Gasteiger partial charge in [-0.3, -0.25) is 9.69 Å². The second kappa shape index (κ2) is 6.53. The monoisotopic (exact) mass is 279 g/mol. The Morgan fingerprint density at radius 1 is 1.32 bits per heavy atom. The zero-order valence-corrected chi connectivity index (χ0v) is 12.5. The first-order valence-corrected chi connectivity index (χ1v) is 7.43. The number of carbonyl (C=O) groups is 1. The molecule has 1 fully saturated rings. The highest BCUT2D eigenvalue weighted by atomic mass is 35.5. The lowest BCUT2D eigenvalue weighted by Gasteiger charge is -2.33.